The molecule has 17 heavy (non-hydrogen) atoms. The van der Waals surface area contributed by atoms with Gasteiger partial charge in [-0.2, -0.15) is 5.10 Å². The fourth-order valence-electron chi connectivity index (χ4n) is 1.92. The van der Waals surface area contributed by atoms with Gasteiger partial charge in [-0.05, 0) is 19.8 Å². The zero-order valence-corrected chi connectivity index (χ0v) is 10.8. The normalized spacial score (nSPS) is 22.8. The SMILES string of the molecule is C[C@@H](NS(=O)(=O)c1cnn(C)c1)[C@@H]1CCCO1. The van der Waals surface area contributed by atoms with Crippen molar-refractivity contribution in [2.75, 3.05) is 6.61 Å². The standard InChI is InChI=1S/C10H17N3O3S/c1-8(10-4-3-5-16-10)12-17(14,15)9-6-11-13(2)7-9/h6-8,10,12H,3-5H2,1-2H3/t8-,10+/m1/s1. The van der Waals surface area contributed by atoms with Gasteiger partial charge in [-0.15, -0.1) is 0 Å². The third-order valence-electron chi connectivity index (χ3n) is 2.86. The second kappa shape index (κ2) is 4.75. The van der Waals surface area contributed by atoms with Gasteiger partial charge in [0, 0.05) is 25.9 Å². The van der Waals surface area contributed by atoms with E-state index in [2.05, 4.69) is 9.82 Å². The monoisotopic (exact) mass is 259 g/mol. The molecular formula is C10H17N3O3S. The van der Waals surface area contributed by atoms with E-state index in [4.69, 9.17) is 4.74 Å². The van der Waals surface area contributed by atoms with Gasteiger partial charge in [0.1, 0.15) is 4.90 Å². The minimum Gasteiger partial charge on any atom is -0.377 e. The lowest BCUT2D eigenvalue weighted by Gasteiger charge is -2.19. The summed E-state index contributed by atoms with van der Waals surface area (Å²) in [6, 6.07) is -0.220. The van der Waals surface area contributed by atoms with E-state index in [1.165, 1.54) is 17.1 Å². The van der Waals surface area contributed by atoms with Gasteiger partial charge in [0.25, 0.3) is 0 Å². The van der Waals surface area contributed by atoms with E-state index in [0.717, 1.165) is 12.8 Å². The Hall–Kier alpha value is -0.920. The number of hydrogen-bond donors (Lipinski definition) is 1. The number of sulfonamides is 1. The molecule has 1 aromatic rings. The lowest BCUT2D eigenvalue weighted by atomic mass is 10.1. The Labute approximate surface area is 101 Å². The van der Waals surface area contributed by atoms with Crippen molar-refractivity contribution in [3.05, 3.63) is 12.4 Å². The Morgan fingerprint density at radius 3 is 2.94 bits per heavy atom. The average Bonchev–Trinajstić information content (AvgIpc) is 2.86. The average molecular weight is 259 g/mol. The molecule has 0 spiro atoms. The maximum atomic E-state index is 12.0. The van der Waals surface area contributed by atoms with Crippen LogP contribution >= 0.6 is 0 Å². The first kappa shape index (κ1) is 12.5. The Morgan fingerprint density at radius 1 is 1.65 bits per heavy atom. The number of nitrogens with zero attached hydrogens (tertiary/aromatic N) is 2. The second-order valence-electron chi connectivity index (χ2n) is 4.31. The summed E-state index contributed by atoms with van der Waals surface area (Å²) in [5.41, 5.74) is 0. The molecule has 2 atom stereocenters. The molecule has 96 valence electrons. The molecule has 0 unspecified atom stereocenters. The molecule has 0 amide bonds. The van der Waals surface area contributed by atoms with Crippen LogP contribution in [0.25, 0.3) is 0 Å². The molecule has 6 nitrogen and oxygen atoms in total. The van der Waals surface area contributed by atoms with E-state index < -0.39 is 10.0 Å². The van der Waals surface area contributed by atoms with Crippen LogP contribution in [-0.4, -0.2) is 37.0 Å². The van der Waals surface area contributed by atoms with Crippen LogP contribution in [0.4, 0.5) is 0 Å². The first-order chi connectivity index (χ1) is 7.99. The van der Waals surface area contributed by atoms with E-state index in [0.29, 0.717) is 6.61 Å². The minimum absolute atomic E-state index is 0.0264. The van der Waals surface area contributed by atoms with Crippen molar-refractivity contribution in [1.82, 2.24) is 14.5 Å². The lowest BCUT2D eigenvalue weighted by molar-refractivity contribution is 0.0902. The van der Waals surface area contributed by atoms with E-state index in [9.17, 15) is 8.42 Å². The highest BCUT2D eigenvalue weighted by Crippen LogP contribution is 2.17. The van der Waals surface area contributed by atoms with Crippen LogP contribution < -0.4 is 4.72 Å². The number of nitrogens with one attached hydrogen (secondary N) is 1. The van der Waals surface area contributed by atoms with Gasteiger partial charge in [0.2, 0.25) is 10.0 Å². The predicted molar refractivity (Wildman–Crippen MR) is 62.0 cm³/mol. The van der Waals surface area contributed by atoms with Crippen molar-refractivity contribution in [1.29, 1.82) is 0 Å². The maximum absolute atomic E-state index is 12.0. The largest absolute Gasteiger partial charge is 0.377 e. The van der Waals surface area contributed by atoms with Gasteiger partial charge in [0.05, 0.1) is 12.3 Å². The molecule has 1 aliphatic rings. The summed E-state index contributed by atoms with van der Waals surface area (Å²) in [6.07, 6.45) is 4.68. The molecule has 2 rings (SSSR count). The Morgan fingerprint density at radius 2 is 2.41 bits per heavy atom. The third-order valence-corrected chi connectivity index (χ3v) is 4.37. The van der Waals surface area contributed by atoms with E-state index in [1.54, 1.807) is 7.05 Å². The van der Waals surface area contributed by atoms with Crippen LogP contribution in [-0.2, 0) is 21.8 Å². The summed E-state index contributed by atoms with van der Waals surface area (Å²) in [7, 11) is -1.81. The Kier molecular flexibility index (Phi) is 3.50. The summed E-state index contributed by atoms with van der Waals surface area (Å²) in [6.45, 7) is 2.54. The zero-order chi connectivity index (χ0) is 12.5. The highest BCUT2D eigenvalue weighted by molar-refractivity contribution is 7.89. The molecule has 0 radical (unpaired) electrons. The zero-order valence-electron chi connectivity index (χ0n) is 9.96. The van der Waals surface area contributed by atoms with Crippen LogP contribution in [0, 0.1) is 0 Å². The van der Waals surface area contributed by atoms with Gasteiger partial charge in [-0.25, -0.2) is 13.1 Å². The number of aromatic nitrogens is 2. The maximum Gasteiger partial charge on any atom is 0.244 e. The second-order valence-corrected chi connectivity index (χ2v) is 6.03. The summed E-state index contributed by atoms with van der Waals surface area (Å²) >= 11 is 0. The van der Waals surface area contributed by atoms with Crippen LogP contribution in [0.5, 0.6) is 0 Å². The van der Waals surface area contributed by atoms with Crippen molar-refractivity contribution in [2.45, 2.75) is 36.8 Å². The smallest absolute Gasteiger partial charge is 0.244 e. The summed E-state index contributed by atoms with van der Waals surface area (Å²) in [5, 5.41) is 3.85. The van der Waals surface area contributed by atoms with Crippen LogP contribution in [0.3, 0.4) is 0 Å². The quantitative estimate of drug-likeness (QED) is 0.842. The van der Waals surface area contributed by atoms with Crippen molar-refractivity contribution < 1.29 is 13.2 Å². The number of rotatable bonds is 4. The number of ether oxygens (including phenoxy) is 1. The van der Waals surface area contributed by atoms with Crippen LogP contribution in [0.2, 0.25) is 0 Å². The van der Waals surface area contributed by atoms with E-state index in [1.807, 2.05) is 6.92 Å². The van der Waals surface area contributed by atoms with E-state index >= 15 is 0 Å². The molecule has 1 N–H and O–H groups in total. The molecule has 1 aliphatic heterocycles. The van der Waals surface area contributed by atoms with Crippen molar-refractivity contribution >= 4 is 10.0 Å². The summed E-state index contributed by atoms with van der Waals surface area (Å²) < 4.78 is 33.5. The fourth-order valence-corrected chi connectivity index (χ4v) is 3.18. The Balaban J connectivity index is 2.06. The third kappa shape index (κ3) is 2.85. The van der Waals surface area contributed by atoms with Crippen molar-refractivity contribution in [3.8, 4) is 0 Å². The van der Waals surface area contributed by atoms with Crippen molar-refractivity contribution in [2.24, 2.45) is 7.05 Å². The highest BCUT2D eigenvalue weighted by Gasteiger charge is 2.27. The van der Waals surface area contributed by atoms with Crippen LogP contribution in [0.1, 0.15) is 19.8 Å². The molecule has 1 saturated heterocycles. The summed E-state index contributed by atoms with van der Waals surface area (Å²) in [4.78, 5) is 0.185. The lowest BCUT2D eigenvalue weighted by Crippen LogP contribution is -2.40. The van der Waals surface area contributed by atoms with Crippen molar-refractivity contribution in [3.63, 3.8) is 0 Å². The summed E-state index contributed by atoms with van der Waals surface area (Å²) in [5.74, 6) is 0. The van der Waals surface area contributed by atoms with Crippen LogP contribution in [0.15, 0.2) is 17.3 Å². The highest BCUT2D eigenvalue weighted by atomic mass is 32.2. The minimum atomic E-state index is -3.49. The van der Waals surface area contributed by atoms with Gasteiger partial charge in [-0.3, -0.25) is 4.68 Å². The first-order valence-electron chi connectivity index (χ1n) is 5.61. The predicted octanol–water partition coefficient (Wildman–Crippen LogP) is 0.266. The molecule has 2 heterocycles. The topological polar surface area (TPSA) is 73.2 Å². The number of hydrogen-bond acceptors (Lipinski definition) is 4. The molecule has 0 aromatic carbocycles. The molecular weight excluding hydrogens is 242 g/mol. The van der Waals surface area contributed by atoms with Gasteiger partial charge >= 0.3 is 0 Å². The van der Waals surface area contributed by atoms with E-state index in [-0.39, 0.29) is 17.0 Å². The molecule has 1 aromatic heterocycles. The fraction of sp³-hybridized carbons (Fsp3) is 0.700. The van der Waals surface area contributed by atoms with Gasteiger partial charge in [0.15, 0.2) is 0 Å². The Bertz CT molecular complexity index is 477. The van der Waals surface area contributed by atoms with Gasteiger partial charge < -0.3 is 4.74 Å². The molecule has 1 fully saturated rings. The molecule has 7 heteroatoms. The first-order valence-corrected chi connectivity index (χ1v) is 7.10. The molecule has 0 bridgehead atoms. The molecule has 0 saturated carbocycles. The van der Waals surface area contributed by atoms with Gasteiger partial charge in [-0.1, -0.05) is 0 Å². The molecule has 0 aliphatic carbocycles. The number of aryl methyl sites for hydroxylation is 1.